The van der Waals surface area contributed by atoms with Crippen LogP contribution in [0.1, 0.15) is 49.1 Å². The topological polar surface area (TPSA) is 72.8 Å². The number of ketones is 1. The lowest BCUT2D eigenvalue weighted by atomic mass is 9.78. The Balaban J connectivity index is 2.14. The molecule has 5 nitrogen and oxygen atoms in total. The van der Waals surface area contributed by atoms with Gasteiger partial charge in [0.25, 0.3) is 0 Å². The third kappa shape index (κ3) is 5.02. The normalized spacial score (nSPS) is 22.0. The molecule has 0 amide bonds. The van der Waals surface area contributed by atoms with Crippen LogP contribution >= 0.6 is 0 Å². The van der Waals surface area contributed by atoms with Crippen molar-refractivity contribution in [3.05, 3.63) is 47.5 Å². The molecule has 0 aliphatic heterocycles. The van der Waals surface area contributed by atoms with E-state index in [-0.39, 0.29) is 11.8 Å². The van der Waals surface area contributed by atoms with E-state index in [9.17, 15) is 14.7 Å². The first-order valence-electron chi connectivity index (χ1n) is 9.11. The summed E-state index contributed by atoms with van der Waals surface area (Å²) in [5.74, 6) is -0.894. The largest absolute Gasteiger partial charge is 0.469 e. The van der Waals surface area contributed by atoms with Crippen molar-refractivity contribution in [1.82, 2.24) is 0 Å². The maximum atomic E-state index is 12.5. The van der Waals surface area contributed by atoms with Crippen LogP contribution in [0.25, 0.3) is 0 Å². The lowest BCUT2D eigenvalue weighted by Gasteiger charge is -2.30. The Hall–Kier alpha value is -1.98. The number of aryl methyl sites for hydroxylation is 1. The van der Waals surface area contributed by atoms with Crippen molar-refractivity contribution in [2.24, 2.45) is 0 Å². The van der Waals surface area contributed by atoms with Crippen molar-refractivity contribution in [2.45, 2.75) is 50.0 Å². The minimum Gasteiger partial charge on any atom is -0.469 e. The molecule has 0 bridgehead atoms. The van der Waals surface area contributed by atoms with Gasteiger partial charge in [-0.15, -0.1) is 0 Å². The Bertz CT molecular complexity index is 652. The number of rotatable bonds is 10. The van der Waals surface area contributed by atoms with Crippen LogP contribution in [0.2, 0.25) is 0 Å². The number of hydrogen-bond acceptors (Lipinski definition) is 5. The van der Waals surface area contributed by atoms with Gasteiger partial charge in [-0.05, 0) is 55.4 Å². The molecule has 1 aromatic carbocycles. The van der Waals surface area contributed by atoms with Gasteiger partial charge in [0.2, 0.25) is 0 Å². The van der Waals surface area contributed by atoms with Crippen LogP contribution in [0.4, 0.5) is 0 Å². The van der Waals surface area contributed by atoms with Crippen molar-refractivity contribution in [2.75, 3.05) is 20.8 Å². The Morgan fingerprint density at radius 2 is 1.96 bits per heavy atom. The molecule has 0 fully saturated rings. The van der Waals surface area contributed by atoms with Gasteiger partial charge < -0.3 is 14.6 Å². The first-order valence-corrected chi connectivity index (χ1v) is 9.11. The van der Waals surface area contributed by atoms with Gasteiger partial charge in [0, 0.05) is 20.1 Å². The van der Waals surface area contributed by atoms with E-state index in [0.29, 0.717) is 32.3 Å². The minimum absolute atomic E-state index is 0.0698. The van der Waals surface area contributed by atoms with E-state index in [1.165, 1.54) is 13.2 Å². The highest BCUT2D eigenvalue weighted by Gasteiger charge is 2.43. The number of methoxy groups -OCH3 is 2. The second kappa shape index (κ2) is 9.64. The minimum atomic E-state index is -1.16. The van der Waals surface area contributed by atoms with Gasteiger partial charge in [-0.25, -0.2) is 0 Å². The summed E-state index contributed by atoms with van der Waals surface area (Å²) < 4.78 is 9.74. The van der Waals surface area contributed by atoms with Gasteiger partial charge in [-0.3, -0.25) is 9.59 Å². The average Bonchev–Trinajstić information content (AvgIpc) is 2.94. The van der Waals surface area contributed by atoms with Crippen LogP contribution < -0.4 is 0 Å². The number of carbonyl (C=O) groups is 2. The fourth-order valence-electron chi connectivity index (χ4n) is 3.54. The van der Waals surface area contributed by atoms with Crippen molar-refractivity contribution < 1.29 is 24.2 Å². The average molecular weight is 360 g/mol. The van der Waals surface area contributed by atoms with Crippen LogP contribution in [0.15, 0.2) is 36.4 Å². The Kier molecular flexibility index (Phi) is 7.54. The number of unbranched alkanes of at least 4 members (excludes halogenated alkanes) is 1. The molecule has 1 N–H and O–H groups in total. The third-order valence-corrected chi connectivity index (χ3v) is 4.92. The molecule has 1 aliphatic carbocycles. The summed E-state index contributed by atoms with van der Waals surface area (Å²) in [6, 6.07) is 7.67. The third-order valence-electron chi connectivity index (χ3n) is 4.92. The molecule has 0 saturated heterocycles. The summed E-state index contributed by atoms with van der Waals surface area (Å²) in [5, 5.41) is 11.1. The number of carbonyl (C=O) groups excluding carboxylic acids is 2. The van der Waals surface area contributed by atoms with E-state index >= 15 is 0 Å². The highest BCUT2D eigenvalue weighted by Crippen LogP contribution is 2.40. The fraction of sp³-hybridized carbons (Fsp3) is 0.524. The van der Waals surface area contributed by atoms with Crippen LogP contribution in [0.3, 0.4) is 0 Å². The molecule has 0 radical (unpaired) electrons. The lowest BCUT2D eigenvalue weighted by molar-refractivity contribution is -0.140. The standard InChI is InChI=1S/C21H28O5/c1-25-15-6-5-13-21(24)14-12-18(22)20(21)17-10-4-3-8-16(17)9-7-11-19(23)26-2/h3-4,8,10,12,14,20,24H,5-7,9,11,13,15H2,1-2H3/t20-,21+/m0/s1. The molecule has 1 aromatic rings. The monoisotopic (exact) mass is 360 g/mol. The van der Waals surface area contributed by atoms with Crippen molar-refractivity contribution in [3.8, 4) is 0 Å². The molecule has 0 aromatic heterocycles. The number of aliphatic hydroxyl groups is 1. The molecule has 1 aliphatic rings. The van der Waals surface area contributed by atoms with Crippen LogP contribution in [-0.2, 0) is 25.5 Å². The second-order valence-corrected chi connectivity index (χ2v) is 6.74. The predicted molar refractivity (Wildman–Crippen MR) is 99.0 cm³/mol. The van der Waals surface area contributed by atoms with Gasteiger partial charge in [0.05, 0.1) is 18.6 Å². The summed E-state index contributed by atoms with van der Waals surface area (Å²) in [4.78, 5) is 23.8. The Morgan fingerprint density at radius 1 is 1.19 bits per heavy atom. The second-order valence-electron chi connectivity index (χ2n) is 6.74. The molecular formula is C21H28O5. The van der Waals surface area contributed by atoms with Gasteiger partial charge >= 0.3 is 5.97 Å². The van der Waals surface area contributed by atoms with Crippen molar-refractivity contribution in [1.29, 1.82) is 0 Å². The zero-order chi connectivity index (χ0) is 19.0. The zero-order valence-corrected chi connectivity index (χ0v) is 15.6. The Morgan fingerprint density at radius 3 is 2.69 bits per heavy atom. The maximum Gasteiger partial charge on any atom is 0.305 e. The number of hydrogen-bond donors (Lipinski definition) is 1. The van der Waals surface area contributed by atoms with E-state index in [2.05, 4.69) is 4.74 Å². The smallest absolute Gasteiger partial charge is 0.305 e. The number of ether oxygens (including phenoxy) is 2. The predicted octanol–water partition coefficient (Wildman–Crippen LogP) is 2.95. The van der Waals surface area contributed by atoms with Crippen molar-refractivity contribution in [3.63, 3.8) is 0 Å². The fourth-order valence-corrected chi connectivity index (χ4v) is 3.54. The first-order chi connectivity index (χ1) is 12.5. The maximum absolute atomic E-state index is 12.5. The molecule has 2 atom stereocenters. The molecular weight excluding hydrogens is 332 g/mol. The molecule has 0 unspecified atom stereocenters. The number of allylic oxidation sites excluding steroid dienone is 1. The first kappa shape index (κ1) is 20.3. The van der Waals surface area contributed by atoms with Crippen LogP contribution in [0.5, 0.6) is 0 Å². The summed E-state index contributed by atoms with van der Waals surface area (Å²) in [6.45, 7) is 0.641. The van der Waals surface area contributed by atoms with E-state index in [1.807, 2.05) is 24.3 Å². The highest BCUT2D eigenvalue weighted by molar-refractivity contribution is 6.00. The van der Waals surface area contributed by atoms with Crippen molar-refractivity contribution >= 4 is 11.8 Å². The molecule has 142 valence electrons. The Labute approximate surface area is 155 Å². The summed E-state index contributed by atoms with van der Waals surface area (Å²) in [5.41, 5.74) is 0.680. The van der Waals surface area contributed by atoms with Crippen LogP contribution in [0, 0.1) is 0 Å². The van der Waals surface area contributed by atoms with E-state index in [0.717, 1.165) is 24.0 Å². The summed E-state index contributed by atoms with van der Waals surface area (Å²) in [6.07, 6.45) is 6.91. The highest BCUT2D eigenvalue weighted by atomic mass is 16.5. The van der Waals surface area contributed by atoms with E-state index in [4.69, 9.17) is 4.74 Å². The zero-order valence-electron chi connectivity index (χ0n) is 15.6. The molecule has 0 spiro atoms. The summed E-state index contributed by atoms with van der Waals surface area (Å²) >= 11 is 0. The van der Waals surface area contributed by atoms with E-state index < -0.39 is 11.5 Å². The van der Waals surface area contributed by atoms with Gasteiger partial charge in [-0.1, -0.05) is 24.3 Å². The SMILES string of the molecule is COCCCC[C@@]1(O)C=CC(=O)[C@@H]1c1ccccc1CCCC(=O)OC. The van der Waals surface area contributed by atoms with Gasteiger partial charge in [0.15, 0.2) is 5.78 Å². The molecule has 26 heavy (non-hydrogen) atoms. The van der Waals surface area contributed by atoms with Gasteiger partial charge in [-0.2, -0.15) is 0 Å². The quantitative estimate of drug-likeness (QED) is 0.513. The number of esters is 1. The molecule has 2 rings (SSSR count). The van der Waals surface area contributed by atoms with E-state index in [1.54, 1.807) is 13.2 Å². The molecule has 0 heterocycles. The lowest BCUT2D eigenvalue weighted by Crippen LogP contribution is -2.34. The van der Waals surface area contributed by atoms with Crippen LogP contribution in [-0.4, -0.2) is 43.3 Å². The molecule has 0 saturated carbocycles. The molecule has 5 heteroatoms. The summed E-state index contributed by atoms with van der Waals surface area (Å²) in [7, 11) is 3.03. The number of benzene rings is 1. The van der Waals surface area contributed by atoms with Gasteiger partial charge in [0.1, 0.15) is 0 Å².